The number of carboxylic acid groups (broad SMARTS) is 1. The van der Waals surface area contributed by atoms with Gasteiger partial charge in [-0.15, -0.1) is 0 Å². The van der Waals surface area contributed by atoms with E-state index in [1.165, 1.54) is 6.33 Å². The fourth-order valence-electron chi connectivity index (χ4n) is 3.96. The third-order valence-electron chi connectivity index (χ3n) is 5.69. The summed E-state index contributed by atoms with van der Waals surface area (Å²) >= 11 is 0. The molecular weight excluding hydrogens is 509 g/mol. The Morgan fingerprint density at radius 3 is 2.55 bits per heavy atom. The molecule has 0 aliphatic carbocycles. The molecule has 2 aromatic carbocycles. The average molecular weight is 542 g/mol. The molecule has 0 spiro atoms. The fraction of sp³-hybridized carbons (Fsp3) is 0.346. The Kier molecular flexibility index (Phi) is 10.5. The SMILES string of the molecule is CC(C)C[C@@H](NC(=O)[C@@H](Cc1c[nH]cn1)NC(=O)[C@H](N)Cc1cccc2ccccc12)O/[P+]([O-])=C/C(=O)O. The van der Waals surface area contributed by atoms with Gasteiger partial charge in [-0.2, -0.15) is 4.52 Å². The van der Waals surface area contributed by atoms with Crippen molar-refractivity contribution in [1.29, 1.82) is 0 Å². The highest BCUT2D eigenvalue weighted by Gasteiger charge is 2.29. The standard InChI is InChI=1S/C26H32N5O6P/c1-16(2)10-23(37-38(36)14-24(32)33)31-26(35)22(12-19-13-28-15-29-19)30-25(34)21(27)11-18-8-5-7-17-6-3-4-9-20(17)18/h3-9,13-16,21-23H,10-12,27H2,1-2H3,(H,28,29)(H,30,34)(H,31,35)(H,32,33)/t21-,22-,23+/m1/s1. The normalized spacial score (nSPS) is 14.2. The number of aliphatic carboxylic acids is 1. The van der Waals surface area contributed by atoms with Gasteiger partial charge < -0.3 is 31.4 Å². The summed E-state index contributed by atoms with van der Waals surface area (Å²) in [5, 5.41) is 16.2. The summed E-state index contributed by atoms with van der Waals surface area (Å²) in [6, 6.07) is 11.6. The summed E-state index contributed by atoms with van der Waals surface area (Å²) in [7, 11) is -2.66. The van der Waals surface area contributed by atoms with Crippen molar-refractivity contribution < 1.29 is 28.9 Å². The molecular formula is C26H32N5O6P. The lowest BCUT2D eigenvalue weighted by atomic mass is 9.98. The number of carboxylic acids is 1. The van der Waals surface area contributed by atoms with E-state index in [4.69, 9.17) is 15.4 Å². The molecule has 0 fully saturated rings. The first-order valence-corrected chi connectivity index (χ1v) is 13.4. The van der Waals surface area contributed by atoms with Crippen LogP contribution in [0.25, 0.3) is 10.8 Å². The van der Waals surface area contributed by atoms with Crippen LogP contribution in [0.1, 0.15) is 31.5 Å². The van der Waals surface area contributed by atoms with Crippen molar-refractivity contribution >= 4 is 42.4 Å². The van der Waals surface area contributed by atoms with E-state index in [1.807, 2.05) is 56.3 Å². The minimum Gasteiger partial charge on any atom is -0.603 e. The molecule has 0 saturated carbocycles. The topological polar surface area (TPSA) is 182 Å². The lowest BCUT2D eigenvalue weighted by Gasteiger charge is -2.23. The van der Waals surface area contributed by atoms with Gasteiger partial charge >= 0.3 is 5.97 Å². The Labute approximate surface area is 221 Å². The van der Waals surface area contributed by atoms with E-state index < -0.39 is 44.1 Å². The Balaban J connectivity index is 1.74. The van der Waals surface area contributed by atoms with Crippen LogP contribution >= 0.6 is 8.00 Å². The molecule has 1 aromatic heterocycles. The maximum absolute atomic E-state index is 13.3. The van der Waals surface area contributed by atoms with E-state index in [2.05, 4.69) is 20.6 Å². The van der Waals surface area contributed by atoms with E-state index in [-0.39, 0.29) is 25.2 Å². The molecule has 3 rings (SSSR count). The molecule has 0 aliphatic heterocycles. The predicted octanol–water partition coefficient (Wildman–Crippen LogP) is 1.22. The number of imidazole rings is 1. The van der Waals surface area contributed by atoms with Crippen LogP contribution in [-0.4, -0.2) is 57.0 Å². The van der Waals surface area contributed by atoms with Crippen LogP contribution in [0, 0.1) is 5.92 Å². The first-order valence-electron chi connectivity index (χ1n) is 12.1. The Hall–Kier alpha value is -3.63. The van der Waals surface area contributed by atoms with Gasteiger partial charge in [0.15, 0.2) is 6.23 Å². The minimum atomic E-state index is -2.66. The maximum Gasteiger partial charge on any atom is 0.373 e. The highest BCUT2D eigenvalue weighted by Crippen LogP contribution is 2.20. The minimum absolute atomic E-state index is 0.0297. The molecule has 0 aliphatic rings. The maximum atomic E-state index is 13.3. The van der Waals surface area contributed by atoms with E-state index in [0.29, 0.717) is 11.5 Å². The third-order valence-corrected chi connectivity index (χ3v) is 6.59. The molecule has 0 saturated heterocycles. The number of carbonyl (C=O) groups excluding carboxylic acids is 2. The number of aromatic amines is 1. The summed E-state index contributed by atoms with van der Waals surface area (Å²) in [6.07, 6.45) is 2.60. The summed E-state index contributed by atoms with van der Waals surface area (Å²) in [5.41, 5.74) is 7.69. The molecule has 2 amide bonds. The number of fused-ring (bicyclic) bond motifs is 1. The van der Waals surface area contributed by atoms with Crippen LogP contribution in [0.3, 0.4) is 0 Å². The Morgan fingerprint density at radius 2 is 1.87 bits per heavy atom. The van der Waals surface area contributed by atoms with Crippen LogP contribution in [0.4, 0.5) is 0 Å². The van der Waals surface area contributed by atoms with Crippen molar-refractivity contribution in [3.8, 4) is 0 Å². The first kappa shape index (κ1) is 28.9. The second-order valence-corrected chi connectivity index (χ2v) is 10.3. The zero-order valence-electron chi connectivity index (χ0n) is 21.2. The molecule has 4 atom stereocenters. The molecule has 1 unspecified atom stereocenters. The molecule has 11 nitrogen and oxygen atoms in total. The zero-order chi connectivity index (χ0) is 27.7. The fourth-order valence-corrected chi connectivity index (χ4v) is 4.59. The number of nitrogens with zero attached hydrogens (tertiary/aromatic N) is 1. The average Bonchev–Trinajstić information content (AvgIpc) is 3.36. The predicted molar refractivity (Wildman–Crippen MR) is 143 cm³/mol. The number of aromatic nitrogens is 2. The van der Waals surface area contributed by atoms with Crippen LogP contribution in [0.2, 0.25) is 0 Å². The van der Waals surface area contributed by atoms with Crippen LogP contribution in [-0.2, 0) is 31.7 Å². The lowest BCUT2D eigenvalue weighted by molar-refractivity contribution is -0.177. The Bertz CT molecular complexity index is 1270. The van der Waals surface area contributed by atoms with Gasteiger partial charge in [-0.25, -0.2) is 9.78 Å². The van der Waals surface area contributed by atoms with Crippen molar-refractivity contribution in [1.82, 2.24) is 20.6 Å². The lowest BCUT2D eigenvalue weighted by Crippen LogP contribution is -2.54. The van der Waals surface area contributed by atoms with Crippen molar-refractivity contribution in [3.05, 3.63) is 66.2 Å². The van der Waals surface area contributed by atoms with Crippen LogP contribution < -0.4 is 21.3 Å². The molecule has 6 N–H and O–H groups in total. The highest BCUT2D eigenvalue weighted by molar-refractivity contribution is 7.47. The van der Waals surface area contributed by atoms with Crippen molar-refractivity contribution in [2.75, 3.05) is 0 Å². The first-order chi connectivity index (χ1) is 18.1. The number of nitrogens with two attached hydrogens (primary N) is 1. The summed E-state index contributed by atoms with van der Waals surface area (Å²) in [6.45, 7) is 3.73. The molecule has 202 valence electrons. The van der Waals surface area contributed by atoms with Gasteiger partial charge in [-0.3, -0.25) is 9.59 Å². The van der Waals surface area contributed by atoms with Gasteiger partial charge in [0.2, 0.25) is 25.6 Å². The third kappa shape index (κ3) is 8.74. The quantitative estimate of drug-likeness (QED) is 0.158. The summed E-state index contributed by atoms with van der Waals surface area (Å²) < 4.78 is 5.28. The number of amides is 2. The summed E-state index contributed by atoms with van der Waals surface area (Å²) in [4.78, 5) is 56.1. The van der Waals surface area contributed by atoms with E-state index in [0.717, 1.165) is 16.3 Å². The largest absolute Gasteiger partial charge is 0.603 e. The second-order valence-electron chi connectivity index (χ2n) is 9.26. The highest BCUT2D eigenvalue weighted by atomic mass is 31.1. The number of rotatable bonds is 13. The number of hydrogen-bond acceptors (Lipinski definition) is 7. The summed E-state index contributed by atoms with van der Waals surface area (Å²) in [5.74, 6) is -1.99. The van der Waals surface area contributed by atoms with E-state index >= 15 is 0 Å². The van der Waals surface area contributed by atoms with Gasteiger partial charge in [0.1, 0.15) is 6.04 Å². The van der Waals surface area contributed by atoms with Gasteiger partial charge in [-0.05, 0) is 35.1 Å². The van der Waals surface area contributed by atoms with Gasteiger partial charge in [-0.1, -0.05) is 56.3 Å². The van der Waals surface area contributed by atoms with E-state index in [1.54, 1.807) is 6.20 Å². The number of H-pyrrole nitrogens is 1. The molecule has 38 heavy (non-hydrogen) atoms. The second kappa shape index (κ2) is 13.8. The van der Waals surface area contributed by atoms with Gasteiger partial charge in [0, 0.05) is 12.6 Å². The van der Waals surface area contributed by atoms with Gasteiger partial charge in [0.05, 0.1) is 18.1 Å². The smallest absolute Gasteiger partial charge is 0.373 e. The number of benzene rings is 2. The van der Waals surface area contributed by atoms with Crippen molar-refractivity contribution in [2.45, 2.75) is 51.4 Å². The molecule has 1 heterocycles. The van der Waals surface area contributed by atoms with Crippen molar-refractivity contribution in [3.63, 3.8) is 0 Å². The van der Waals surface area contributed by atoms with Crippen LogP contribution in [0.15, 0.2) is 55.0 Å². The van der Waals surface area contributed by atoms with Gasteiger partial charge in [0.25, 0.3) is 0 Å². The van der Waals surface area contributed by atoms with Crippen molar-refractivity contribution in [2.24, 2.45) is 11.7 Å². The monoisotopic (exact) mass is 541 g/mol. The number of nitrogens with one attached hydrogen (secondary N) is 3. The molecule has 3 aromatic rings. The number of carbonyl (C=O) groups is 3. The molecule has 0 bridgehead atoms. The molecule has 12 heteroatoms. The molecule has 0 radical (unpaired) electrons. The zero-order valence-corrected chi connectivity index (χ0v) is 22.1. The van der Waals surface area contributed by atoms with E-state index in [9.17, 15) is 19.3 Å². The Morgan fingerprint density at radius 1 is 1.13 bits per heavy atom. The number of hydrogen-bond donors (Lipinski definition) is 5. The van der Waals surface area contributed by atoms with Crippen LogP contribution in [0.5, 0.6) is 0 Å².